The Morgan fingerprint density at radius 3 is 2.68 bits per heavy atom. The lowest BCUT2D eigenvalue weighted by molar-refractivity contribution is -0.385. The van der Waals surface area contributed by atoms with E-state index in [0.29, 0.717) is 11.1 Å². The number of aromatic nitrogens is 2. The number of hydrogen-bond donors (Lipinski definition) is 1. The summed E-state index contributed by atoms with van der Waals surface area (Å²) in [6.07, 6.45) is 1.06. The van der Waals surface area contributed by atoms with Crippen LogP contribution in [0.2, 0.25) is 0 Å². The molecule has 1 aromatic heterocycles. The van der Waals surface area contributed by atoms with Crippen molar-refractivity contribution in [2.24, 2.45) is 0 Å². The minimum absolute atomic E-state index is 0.106. The number of nitrogens with one attached hydrogen (secondary N) is 1. The van der Waals surface area contributed by atoms with E-state index in [9.17, 15) is 18.5 Å². The lowest BCUT2D eigenvalue weighted by Gasteiger charge is -2.02. The van der Waals surface area contributed by atoms with Crippen LogP contribution in [0.5, 0.6) is 0 Å². The number of H-pyrrole nitrogens is 1. The molecule has 19 heavy (non-hydrogen) atoms. The molecule has 0 bridgehead atoms. The van der Waals surface area contributed by atoms with Crippen LogP contribution in [0.15, 0.2) is 29.3 Å². The van der Waals surface area contributed by atoms with Crippen LogP contribution in [-0.2, 0) is 9.05 Å². The monoisotopic (exact) mass is 301 g/mol. The number of rotatable bonds is 3. The van der Waals surface area contributed by atoms with Crippen LogP contribution in [-0.4, -0.2) is 23.5 Å². The first-order valence-electron chi connectivity index (χ1n) is 5.04. The van der Waals surface area contributed by atoms with Gasteiger partial charge in [0.1, 0.15) is 4.90 Å². The van der Waals surface area contributed by atoms with Crippen molar-refractivity contribution in [2.45, 2.75) is 11.8 Å². The highest BCUT2D eigenvalue weighted by atomic mass is 35.7. The van der Waals surface area contributed by atoms with E-state index in [0.717, 1.165) is 6.20 Å². The van der Waals surface area contributed by atoms with Crippen molar-refractivity contribution in [3.63, 3.8) is 0 Å². The van der Waals surface area contributed by atoms with E-state index >= 15 is 0 Å². The van der Waals surface area contributed by atoms with Crippen molar-refractivity contribution in [1.82, 2.24) is 10.2 Å². The van der Waals surface area contributed by atoms with Gasteiger partial charge in [-0.3, -0.25) is 15.2 Å². The van der Waals surface area contributed by atoms with E-state index in [1.165, 1.54) is 12.1 Å². The highest BCUT2D eigenvalue weighted by molar-refractivity contribution is 8.13. The second-order valence-electron chi connectivity index (χ2n) is 3.81. The minimum Gasteiger partial charge on any atom is -0.276 e. The molecule has 0 spiro atoms. The summed E-state index contributed by atoms with van der Waals surface area (Å²) < 4.78 is 22.7. The summed E-state index contributed by atoms with van der Waals surface area (Å²) in [5.41, 5.74) is 0.820. The molecule has 9 heteroatoms. The number of hydrogen-bond acceptors (Lipinski definition) is 5. The molecule has 0 aliphatic rings. The van der Waals surface area contributed by atoms with Crippen molar-refractivity contribution in [3.8, 4) is 11.3 Å². The molecule has 0 saturated carbocycles. The maximum atomic E-state index is 11.3. The number of aromatic amines is 1. The van der Waals surface area contributed by atoms with Gasteiger partial charge in [0.2, 0.25) is 0 Å². The van der Waals surface area contributed by atoms with E-state index in [4.69, 9.17) is 10.7 Å². The second kappa shape index (κ2) is 4.63. The third-order valence-corrected chi connectivity index (χ3v) is 3.90. The Labute approximate surface area is 112 Å². The summed E-state index contributed by atoms with van der Waals surface area (Å²) >= 11 is 0. The van der Waals surface area contributed by atoms with Crippen LogP contribution in [0.3, 0.4) is 0 Å². The van der Waals surface area contributed by atoms with Gasteiger partial charge < -0.3 is 0 Å². The van der Waals surface area contributed by atoms with Crippen molar-refractivity contribution in [1.29, 1.82) is 0 Å². The van der Waals surface area contributed by atoms with Crippen molar-refractivity contribution in [3.05, 3.63) is 40.1 Å². The minimum atomic E-state index is -3.97. The molecule has 0 saturated heterocycles. The summed E-state index contributed by atoms with van der Waals surface area (Å²) in [5.74, 6) is 0. The van der Waals surface area contributed by atoms with Crippen molar-refractivity contribution < 1.29 is 13.3 Å². The molecule has 0 aliphatic heterocycles. The van der Waals surface area contributed by atoms with Gasteiger partial charge in [-0.2, -0.15) is 5.10 Å². The maximum absolute atomic E-state index is 11.3. The van der Waals surface area contributed by atoms with Gasteiger partial charge in [0.05, 0.1) is 16.8 Å². The summed E-state index contributed by atoms with van der Waals surface area (Å²) in [7, 11) is 1.29. The summed E-state index contributed by atoms with van der Waals surface area (Å²) in [6.45, 7) is 1.59. The van der Waals surface area contributed by atoms with Crippen molar-refractivity contribution in [2.75, 3.05) is 0 Å². The number of aryl methyl sites for hydroxylation is 1. The highest BCUT2D eigenvalue weighted by Crippen LogP contribution is 2.30. The van der Waals surface area contributed by atoms with Crippen LogP contribution in [0, 0.1) is 17.0 Å². The van der Waals surface area contributed by atoms with Gasteiger partial charge in [0, 0.05) is 27.9 Å². The molecular formula is C10H8ClN3O4S. The van der Waals surface area contributed by atoms with Gasteiger partial charge in [0.15, 0.2) is 0 Å². The molecule has 0 atom stereocenters. The number of nitro groups is 1. The Hall–Kier alpha value is -1.93. The lowest BCUT2D eigenvalue weighted by Crippen LogP contribution is -1.95. The zero-order chi connectivity index (χ0) is 14.2. The fourth-order valence-electron chi connectivity index (χ4n) is 1.63. The SMILES string of the molecule is Cc1ccc(-c2[nH]ncc2S(=O)(=O)Cl)cc1[N+](=O)[O-]. The molecule has 1 aromatic carbocycles. The molecule has 2 aromatic rings. The van der Waals surface area contributed by atoms with Crippen LogP contribution >= 0.6 is 10.7 Å². The van der Waals surface area contributed by atoms with Crippen LogP contribution in [0.4, 0.5) is 5.69 Å². The molecule has 0 fully saturated rings. The van der Waals surface area contributed by atoms with Gasteiger partial charge >= 0.3 is 0 Å². The van der Waals surface area contributed by atoms with Gasteiger partial charge in [-0.1, -0.05) is 12.1 Å². The van der Waals surface area contributed by atoms with E-state index in [2.05, 4.69) is 10.2 Å². The second-order valence-corrected chi connectivity index (χ2v) is 6.34. The third kappa shape index (κ3) is 2.59. The average molecular weight is 302 g/mol. The maximum Gasteiger partial charge on any atom is 0.272 e. The Bertz CT molecular complexity index is 754. The topological polar surface area (TPSA) is 106 Å². The predicted molar refractivity (Wildman–Crippen MR) is 68.5 cm³/mol. The molecule has 0 unspecified atom stereocenters. The van der Waals surface area contributed by atoms with Gasteiger partial charge in [-0.25, -0.2) is 8.42 Å². The van der Waals surface area contributed by atoms with E-state index in [1.807, 2.05) is 0 Å². The van der Waals surface area contributed by atoms with E-state index in [1.54, 1.807) is 13.0 Å². The lowest BCUT2D eigenvalue weighted by atomic mass is 10.1. The number of benzene rings is 1. The molecule has 2 rings (SSSR count). The number of nitrogens with zero attached hydrogens (tertiary/aromatic N) is 2. The first kappa shape index (κ1) is 13.5. The Morgan fingerprint density at radius 1 is 1.42 bits per heavy atom. The smallest absolute Gasteiger partial charge is 0.272 e. The molecule has 1 N–H and O–H groups in total. The third-order valence-electron chi connectivity index (χ3n) is 2.56. The molecule has 0 aliphatic carbocycles. The fourth-order valence-corrected chi connectivity index (χ4v) is 2.57. The Balaban J connectivity index is 2.64. The predicted octanol–water partition coefficient (Wildman–Crippen LogP) is 2.22. The van der Waals surface area contributed by atoms with Crippen molar-refractivity contribution >= 4 is 25.4 Å². The van der Waals surface area contributed by atoms with E-state index < -0.39 is 14.0 Å². The van der Waals surface area contributed by atoms with Crippen LogP contribution in [0.1, 0.15) is 5.56 Å². The first-order valence-corrected chi connectivity index (χ1v) is 7.35. The molecule has 7 nitrogen and oxygen atoms in total. The fraction of sp³-hybridized carbons (Fsp3) is 0.100. The molecular weight excluding hydrogens is 294 g/mol. The standard InChI is InChI=1S/C10H8ClN3O4S/c1-6-2-3-7(4-8(6)14(15)16)10-9(5-12-13-10)19(11,17)18/h2-5H,1H3,(H,12,13). The van der Waals surface area contributed by atoms with E-state index in [-0.39, 0.29) is 16.3 Å². The quantitative estimate of drug-likeness (QED) is 0.531. The molecule has 0 radical (unpaired) electrons. The molecule has 0 amide bonds. The molecule has 1 heterocycles. The zero-order valence-corrected chi connectivity index (χ0v) is 11.2. The summed E-state index contributed by atoms with van der Waals surface area (Å²) in [5, 5.41) is 16.9. The largest absolute Gasteiger partial charge is 0.276 e. The zero-order valence-electron chi connectivity index (χ0n) is 9.62. The summed E-state index contributed by atoms with van der Waals surface area (Å²) in [4.78, 5) is 10.1. The van der Waals surface area contributed by atoms with Gasteiger partial charge in [-0.15, -0.1) is 0 Å². The number of nitro benzene ring substituents is 1. The van der Waals surface area contributed by atoms with Gasteiger partial charge in [-0.05, 0) is 6.92 Å². The van der Waals surface area contributed by atoms with Crippen LogP contribution in [0.25, 0.3) is 11.3 Å². The Morgan fingerprint density at radius 2 is 2.11 bits per heavy atom. The number of halogens is 1. The molecule has 100 valence electrons. The Kier molecular flexibility index (Phi) is 3.29. The average Bonchev–Trinajstić information content (AvgIpc) is 2.77. The van der Waals surface area contributed by atoms with Crippen LogP contribution < -0.4 is 0 Å². The normalized spacial score (nSPS) is 11.5. The highest BCUT2D eigenvalue weighted by Gasteiger charge is 2.21. The summed E-state index contributed by atoms with van der Waals surface area (Å²) in [6, 6.07) is 4.36. The van der Waals surface area contributed by atoms with Gasteiger partial charge in [0.25, 0.3) is 14.7 Å². The first-order chi connectivity index (χ1) is 8.80.